The summed E-state index contributed by atoms with van der Waals surface area (Å²) in [4.78, 5) is 30.4. The molecule has 130 valence electrons. The Balaban J connectivity index is 0. The Morgan fingerprint density at radius 3 is 1.32 bits per heavy atom. The van der Waals surface area contributed by atoms with Crippen LogP contribution < -0.4 is 17.2 Å². The molecule has 10 nitrogen and oxygen atoms in total. The van der Waals surface area contributed by atoms with E-state index in [9.17, 15) is 14.4 Å². The van der Waals surface area contributed by atoms with Gasteiger partial charge in [-0.1, -0.05) is 21.6 Å². The monoisotopic (exact) mass is 359 g/mol. The van der Waals surface area contributed by atoms with Crippen LogP contribution in [-0.4, -0.2) is 74.1 Å². The fraction of sp³-hybridized carbons (Fsp3) is 0.700. The Kier molecular flexibility index (Phi) is 13.2. The van der Waals surface area contributed by atoms with E-state index in [1.807, 2.05) is 0 Å². The number of aliphatic hydroxyl groups is 1. The van der Waals surface area contributed by atoms with Crippen molar-refractivity contribution >= 4 is 39.5 Å². The second kappa shape index (κ2) is 12.5. The van der Waals surface area contributed by atoms with Gasteiger partial charge in [-0.15, -0.1) is 0 Å². The first-order valence-corrected chi connectivity index (χ1v) is 8.37. The van der Waals surface area contributed by atoms with Crippen molar-refractivity contribution in [1.82, 2.24) is 0 Å². The van der Waals surface area contributed by atoms with E-state index in [1.165, 1.54) is 28.5 Å². The van der Waals surface area contributed by atoms with Crippen molar-refractivity contribution in [1.29, 1.82) is 0 Å². The molecule has 0 saturated carbocycles. The molecule has 0 bridgehead atoms. The average Bonchev–Trinajstić information content (AvgIpc) is 2.42. The van der Waals surface area contributed by atoms with Gasteiger partial charge in [0.05, 0.1) is 6.10 Å². The number of rotatable bonds is 9. The zero-order valence-electron chi connectivity index (χ0n) is 11.8. The lowest BCUT2D eigenvalue weighted by Gasteiger charge is -2.07. The smallest absolute Gasteiger partial charge is 0.323 e. The number of hydrogen-bond donors (Lipinski definition) is 7. The molecule has 0 aromatic carbocycles. The van der Waals surface area contributed by atoms with Gasteiger partial charge in [0.1, 0.15) is 18.1 Å². The first-order valence-electron chi connectivity index (χ1n) is 5.88. The minimum atomic E-state index is -1.18. The molecule has 0 aliphatic heterocycles. The van der Waals surface area contributed by atoms with Crippen LogP contribution in [0.5, 0.6) is 0 Å². The van der Waals surface area contributed by atoms with Crippen LogP contribution in [-0.2, 0) is 14.4 Å². The van der Waals surface area contributed by atoms with E-state index in [0.29, 0.717) is 0 Å². The third-order valence-corrected chi connectivity index (χ3v) is 4.49. The Hall–Kier alpha value is -1.05. The predicted octanol–water partition coefficient (Wildman–Crippen LogP) is -2.03. The Bertz CT molecular complexity index is 348. The molecule has 0 fully saturated rings. The highest BCUT2D eigenvalue weighted by molar-refractivity contribution is 8.76. The third kappa shape index (κ3) is 12.7. The molecule has 0 radical (unpaired) electrons. The van der Waals surface area contributed by atoms with Crippen LogP contribution in [0.2, 0.25) is 0 Å². The molecule has 0 spiro atoms. The zero-order chi connectivity index (χ0) is 17.9. The first-order chi connectivity index (χ1) is 10.0. The summed E-state index contributed by atoms with van der Waals surface area (Å²) in [5.74, 6) is -2.86. The predicted molar refractivity (Wildman–Crippen MR) is 83.4 cm³/mol. The van der Waals surface area contributed by atoms with Crippen LogP contribution >= 0.6 is 21.6 Å². The molecule has 0 aliphatic carbocycles. The van der Waals surface area contributed by atoms with Crippen molar-refractivity contribution in [2.75, 3.05) is 11.5 Å². The van der Waals surface area contributed by atoms with E-state index in [0.717, 1.165) is 0 Å². The topological polar surface area (TPSA) is 210 Å². The van der Waals surface area contributed by atoms with Crippen molar-refractivity contribution in [2.24, 2.45) is 17.2 Å². The summed E-state index contributed by atoms with van der Waals surface area (Å²) >= 11 is 0. The Morgan fingerprint density at radius 1 is 0.864 bits per heavy atom. The molecular formula is C10H21N3O7S2. The highest BCUT2D eigenvalue weighted by Crippen LogP contribution is 2.22. The second-order valence-corrected chi connectivity index (χ2v) is 6.62. The number of nitrogens with two attached hydrogens (primary N) is 3. The average molecular weight is 359 g/mol. The first kappa shape index (κ1) is 23.2. The molecular weight excluding hydrogens is 338 g/mol. The van der Waals surface area contributed by atoms with E-state index in [4.69, 9.17) is 37.6 Å². The fourth-order valence-corrected chi connectivity index (χ4v) is 2.82. The van der Waals surface area contributed by atoms with Crippen LogP contribution in [0.1, 0.15) is 6.92 Å². The number of carboxylic acids is 3. The molecule has 0 aromatic rings. The highest BCUT2D eigenvalue weighted by Gasteiger charge is 2.16. The van der Waals surface area contributed by atoms with Gasteiger partial charge in [-0.25, -0.2) is 0 Å². The number of aliphatic hydroxyl groups excluding tert-OH is 1. The van der Waals surface area contributed by atoms with Crippen molar-refractivity contribution in [3.63, 3.8) is 0 Å². The molecule has 4 atom stereocenters. The van der Waals surface area contributed by atoms with Gasteiger partial charge in [-0.2, -0.15) is 0 Å². The Morgan fingerprint density at radius 2 is 1.18 bits per heavy atom. The van der Waals surface area contributed by atoms with Gasteiger partial charge in [0.2, 0.25) is 0 Å². The quantitative estimate of drug-likeness (QED) is 0.175. The van der Waals surface area contributed by atoms with E-state index in [2.05, 4.69) is 0 Å². The van der Waals surface area contributed by atoms with Gasteiger partial charge >= 0.3 is 17.9 Å². The van der Waals surface area contributed by atoms with Crippen molar-refractivity contribution in [2.45, 2.75) is 31.2 Å². The third-order valence-electron chi connectivity index (χ3n) is 2.02. The van der Waals surface area contributed by atoms with Crippen molar-refractivity contribution in [3.05, 3.63) is 0 Å². The van der Waals surface area contributed by atoms with Gasteiger partial charge in [0.15, 0.2) is 0 Å². The van der Waals surface area contributed by atoms with Gasteiger partial charge < -0.3 is 37.6 Å². The molecule has 0 rings (SSSR count). The van der Waals surface area contributed by atoms with Crippen LogP contribution in [0, 0.1) is 0 Å². The number of aliphatic carboxylic acids is 3. The minimum absolute atomic E-state index is 0.229. The summed E-state index contributed by atoms with van der Waals surface area (Å²) in [5, 5.41) is 33.4. The van der Waals surface area contributed by atoms with Crippen molar-refractivity contribution in [3.8, 4) is 0 Å². The lowest BCUT2D eigenvalue weighted by molar-refractivity contribution is -0.141. The van der Waals surface area contributed by atoms with Crippen LogP contribution in [0.15, 0.2) is 0 Å². The van der Waals surface area contributed by atoms with Crippen molar-refractivity contribution < 1.29 is 34.8 Å². The van der Waals surface area contributed by atoms with Crippen LogP contribution in [0.25, 0.3) is 0 Å². The van der Waals surface area contributed by atoms with E-state index in [1.54, 1.807) is 0 Å². The summed E-state index contributed by atoms with van der Waals surface area (Å²) in [5.41, 5.74) is 15.3. The summed E-state index contributed by atoms with van der Waals surface area (Å²) in [6, 6.07) is -3.00. The van der Waals surface area contributed by atoms with Gasteiger partial charge in [-0.3, -0.25) is 14.4 Å². The van der Waals surface area contributed by atoms with Crippen LogP contribution in [0.3, 0.4) is 0 Å². The van der Waals surface area contributed by atoms with Gasteiger partial charge in [0.25, 0.3) is 0 Å². The van der Waals surface area contributed by atoms with Gasteiger partial charge in [-0.05, 0) is 6.92 Å². The van der Waals surface area contributed by atoms with E-state index in [-0.39, 0.29) is 11.5 Å². The highest BCUT2D eigenvalue weighted by atomic mass is 33.1. The molecule has 0 aromatic heterocycles. The normalized spacial score (nSPS) is 15.7. The zero-order valence-corrected chi connectivity index (χ0v) is 13.4. The largest absolute Gasteiger partial charge is 0.480 e. The molecule has 0 saturated heterocycles. The molecule has 10 N–H and O–H groups in total. The molecule has 0 aliphatic rings. The molecule has 0 amide bonds. The standard InChI is InChI=1S/C6H12N2O4S2.C4H9NO3/c7-3(5(9)10)1-13-14-2-4(8)6(11)12;1-2(6)3(5)4(7)8/h3-4H,1-2,7-8H2,(H,9,10)(H,11,12);2-3,6H,5H2,1H3,(H,7,8)/t3-,4-;2?,3-/m00/s1. The van der Waals surface area contributed by atoms with Crippen LogP contribution in [0.4, 0.5) is 0 Å². The summed E-state index contributed by atoms with van der Waals surface area (Å²) in [6.07, 6.45) is -0.979. The lowest BCUT2D eigenvalue weighted by Crippen LogP contribution is -2.39. The second-order valence-electron chi connectivity index (χ2n) is 4.06. The van der Waals surface area contributed by atoms with E-state index < -0.39 is 42.1 Å². The van der Waals surface area contributed by atoms with E-state index >= 15 is 0 Å². The Labute approximate surface area is 134 Å². The maximum absolute atomic E-state index is 10.3. The van der Waals surface area contributed by atoms with Gasteiger partial charge in [0, 0.05) is 11.5 Å². The summed E-state index contributed by atoms with van der Waals surface area (Å²) in [6.45, 7) is 1.33. The number of carbonyl (C=O) groups is 3. The fourth-order valence-electron chi connectivity index (χ4n) is 0.592. The lowest BCUT2D eigenvalue weighted by atomic mass is 10.2. The summed E-state index contributed by atoms with van der Waals surface area (Å²) in [7, 11) is 2.41. The molecule has 22 heavy (non-hydrogen) atoms. The molecule has 1 unspecified atom stereocenters. The molecule has 12 heteroatoms. The minimum Gasteiger partial charge on any atom is -0.480 e. The SMILES string of the molecule is CC(O)[C@H](N)C(=O)O.N[C@@H](CSSC[C@H](N)C(=O)O)C(=O)O. The maximum Gasteiger partial charge on any atom is 0.323 e. The maximum atomic E-state index is 10.3. The number of hydrogen-bond acceptors (Lipinski definition) is 9. The number of carboxylic acid groups (broad SMARTS) is 3. The summed E-state index contributed by atoms with van der Waals surface area (Å²) < 4.78 is 0. The molecule has 0 heterocycles.